The highest BCUT2D eigenvalue weighted by molar-refractivity contribution is 9.08. The zero-order chi connectivity index (χ0) is 8.43. The molecule has 0 aliphatic carbocycles. The molecule has 1 aromatic rings. The zero-order valence-electron chi connectivity index (χ0n) is 5.28. The molecule has 11 heavy (non-hydrogen) atoms. The summed E-state index contributed by atoms with van der Waals surface area (Å²) in [6, 6.07) is 0. The molecule has 0 atom stereocenters. The largest absolute Gasteiger partial charge is 0.326 e. The number of nitrogens with one attached hydrogen (secondary N) is 2. The predicted octanol–water partition coefficient (Wildman–Crippen LogP) is 0.611. The minimum absolute atomic E-state index is 0.0153. The van der Waals surface area contributed by atoms with Gasteiger partial charge >= 0.3 is 5.69 Å². The predicted molar refractivity (Wildman–Crippen MR) is 45.3 cm³/mol. The van der Waals surface area contributed by atoms with Gasteiger partial charge in [0, 0.05) is 5.33 Å². The van der Waals surface area contributed by atoms with E-state index in [1.54, 1.807) is 0 Å². The van der Waals surface area contributed by atoms with Gasteiger partial charge in [-0.15, -0.1) is 0 Å². The molecular formula is C5H4BrClN2O2. The van der Waals surface area contributed by atoms with Crippen LogP contribution in [0.2, 0.25) is 5.02 Å². The van der Waals surface area contributed by atoms with Gasteiger partial charge in [0.2, 0.25) is 0 Å². The molecule has 4 nitrogen and oxygen atoms in total. The van der Waals surface area contributed by atoms with Gasteiger partial charge in [-0.25, -0.2) is 4.79 Å². The number of hydrogen-bond donors (Lipinski definition) is 2. The molecule has 0 spiro atoms. The lowest BCUT2D eigenvalue weighted by Gasteiger charge is -1.95. The van der Waals surface area contributed by atoms with Gasteiger partial charge in [-0.05, 0) is 0 Å². The summed E-state index contributed by atoms with van der Waals surface area (Å²) in [6.07, 6.45) is 0. The van der Waals surface area contributed by atoms with Crippen LogP contribution < -0.4 is 11.2 Å². The molecule has 0 bridgehead atoms. The molecule has 60 valence electrons. The van der Waals surface area contributed by atoms with E-state index in [0.29, 0.717) is 11.0 Å². The topological polar surface area (TPSA) is 65.7 Å². The SMILES string of the molecule is O=c1[nH]c(CBr)c(Cl)c(=O)[nH]1. The lowest BCUT2D eigenvalue weighted by molar-refractivity contribution is 0.989. The van der Waals surface area contributed by atoms with E-state index < -0.39 is 11.2 Å². The van der Waals surface area contributed by atoms with Crippen molar-refractivity contribution in [2.75, 3.05) is 0 Å². The molecular weight excluding hydrogens is 235 g/mol. The minimum atomic E-state index is -0.565. The quantitative estimate of drug-likeness (QED) is 0.705. The van der Waals surface area contributed by atoms with Crippen molar-refractivity contribution in [1.82, 2.24) is 9.97 Å². The molecule has 6 heteroatoms. The van der Waals surface area contributed by atoms with Gasteiger partial charge in [-0.1, -0.05) is 27.5 Å². The summed E-state index contributed by atoms with van der Waals surface area (Å²) in [7, 11) is 0. The molecule has 0 fully saturated rings. The molecule has 0 saturated carbocycles. The molecule has 0 amide bonds. The average molecular weight is 239 g/mol. The van der Waals surface area contributed by atoms with E-state index in [1.807, 2.05) is 4.98 Å². The number of rotatable bonds is 1. The van der Waals surface area contributed by atoms with E-state index in [2.05, 4.69) is 20.9 Å². The summed E-state index contributed by atoms with van der Waals surface area (Å²) < 4.78 is 0. The van der Waals surface area contributed by atoms with Gasteiger partial charge in [0.05, 0.1) is 5.69 Å². The molecule has 0 aliphatic heterocycles. The molecule has 1 aromatic heterocycles. The maximum atomic E-state index is 10.8. The normalized spacial score (nSPS) is 10.0. The van der Waals surface area contributed by atoms with E-state index in [1.165, 1.54) is 0 Å². The van der Waals surface area contributed by atoms with Gasteiger partial charge in [0.1, 0.15) is 5.02 Å². The lowest BCUT2D eigenvalue weighted by Crippen LogP contribution is -2.24. The monoisotopic (exact) mass is 238 g/mol. The Morgan fingerprint density at radius 2 is 2.00 bits per heavy atom. The first kappa shape index (κ1) is 8.55. The highest BCUT2D eigenvalue weighted by atomic mass is 79.9. The van der Waals surface area contributed by atoms with Crippen molar-refractivity contribution in [2.45, 2.75) is 5.33 Å². The highest BCUT2D eigenvalue weighted by Gasteiger charge is 2.03. The van der Waals surface area contributed by atoms with Crippen molar-refractivity contribution < 1.29 is 0 Å². The van der Waals surface area contributed by atoms with Gasteiger partial charge in [0.25, 0.3) is 5.56 Å². The summed E-state index contributed by atoms with van der Waals surface area (Å²) in [5, 5.41) is 0.367. The second kappa shape index (κ2) is 3.23. The Bertz CT molecular complexity index is 369. The standard InChI is InChI=1S/C5H4BrClN2O2/c6-1-2-3(7)4(10)9-5(11)8-2/h1H2,(H2,8,9,10,11). The van der Waals surface area contributed by atoms with E-state index in [4.69, 9.17) is 11.6 Å². The molecule has 0 radical (unpaired) electrons. The Morgan fingerprint density at radius 3 is 2.55 bits per heavy atom. The molecule has 0 aliphatic rings. The summed E-state index contributed by atoms with van der Waals surface area (Å²) in [5.41, 5.74) is -0.723. The average Bonchev–Trinajstić information content (AvgIpc) is 1.96. The Kier molecular flexibility index (Phi) is 2.51. The third-order valence-corrected chi connectivity index (χ3v) is 2.05. The Hall–Kier alpha value is -0.550. The number of halogens is 2. The Balaban J connectivity index is 3.49. The van der Waals surface area contributed by atoms with Gasteiger partial charge in [-0.3, -0.25) is 9.78 Å². The van der Waals surface area contributed by atoms with Crippen molar-refractivity contribution in [1.29, 1.82) is 0 Å². The summed E-state index contributed by atoms with van der Waals surface area (Å²) >= 11 is 8.59. The van der Waals surface area contributed by atoms with Crippen LogP contribution in [0.4, 0.5) is 0 Å². The van der Waals surface area contributed by atoms with Crippen LogP contribution >= 0.6 is 27.5 Å². The van der Waals surface area contributed by atoms with E-state index >= 15 is 0 Å². The van der Waals surface area contributed by atoms with Crippen LogP contribution in [0.5, 0.6) is 0 Å². The van der Waals surface area contributed by atoms with Crippen molar-refractivity contribution in [3.05, 3.63) is 31.6 Å². The smallest absolute Gasteiger partial charge is 0.309 e. The van der Waals surface area contributed by atoms with Crippen molar-refractivity contribution >= 4 is 27.5 Å². The number of H-pyrrole nitrogens is 2. The lowest BCUT2D eigenvalue weighted by atomic mass is 10.4. The first-order chi connectivity index (χ1) is 5.15. The molecule has 0 aromatic carbocycles. The van der Waals surface area contributed by atoms with Crippen LogP contribution in [0, 0.1) is 0 Å². The summed E-state index contributed by atoms with van der Waals surface area (Å²) in [6.45, 7) is 0. The van der Waals surface area contributed by atoms with Gasteiger partial charge < -0.3 is 4.98 Å². The summed E-state index contributed by atoms with van der Waals surface area (Å²) in [4.78, 5) is 25.8. The fraction of sp³-hybridized carbons (Fsp3) is 0.200. The summed E-state index contributed by atoms with van der Waals surface area (Å²) in [5.74, 6) is 0. The molecule has 1 heterocycles. The fourth-order valence-electron chi connectivity index (χ4n) is 0.610. The maximum absolute atomic E-state index is 10.8. The van der Waals surface area contributed by atoms with Crippen LogP contribution in [-0.4, -0.2) is 9.97 Å². The number of aromatic amines is 2. The highest BCUT2D eigenvalue weighted by Crippen LogP contribution is 2.07. The van der Waals surface area contributed by atoms with Crippen LogP contribution in [0.25, 0.3) is 0 Å². The second-order valence-corrected chi connectivity index (χ2v) is 2.77. The second-order valence-electron chi connectivity index (χ2n) is 1.83. The van der Waals surface area contributed by atoms with E-state index in [0.717, 1.165) is 0 Å². The third-order valence-electron chi connectivity index (χ3n) is 1.09. The van der Waals surface area contributed by atoms with Gasteiger partial charge in [0.15, 0.2) is 0 Å². The molecule has 1 rings (SSSR count). The molecule has 0 saturated heterocycles. The fourth-order valence-corrected chi connectivity index (χ4v) is 1.35. The minimum Gasteiger partial charge on any atom is -0.309 e. The third kappa shape index (κ3) is 1.72. The van der Waals surface area contributed by atoms with E-state index in [9.17, 15) is 9.59 Å². The first-order valence-corrected chi connectivity index (χ1v) is 4.22. The number of alkyl halides is 1. The number of hydrogen-bond acceptors (Lipinski definition) is 2. The molecule has 2 N–H and O–H groups in total. The van der Waals surface area contributed by atoms with Crippen LogP contribution in [0.3, 0.4) is 0 Å². The number of aromatic nitrogens is 2. The van der Waals surface area contributed by atoms with Crippen molar-refractivity contribution in [3.8, 4) is 0 Å². The van der Waals surface area contributed by atoms with Crippen LogP contribution in [0.15, 0.2) is 9.59 Å². The van der Waals surface area contributed by atoms with E-state index in [-0.39, 0.29) is 5.02 Å². The van der Waals surface area contributed by atoms with Gasteiger partial charge in [-0.2, -0.15) is 0 Å². The first-order valence-electron chi connectivity index (χ1n) is 2.72. The van der Waals surface area contributed by atoms with Crippen molar-refractivity contribution in [2.24, 2.45) is 0 Å². The Morgan fingerprint density at radius 1 is 1.36 bits per heavy atom. The van der Waals surface area contributed by atoms with Crippen molar-refractivity contribution in [3.63, 3.8) is 0 Å². The zero-order valence-corrected chi connectivity index (χ0v) is 7.62. The van der Waals surface area contributed by atoms with Crippen LogP contribution in [-0.2, 0) is 5.33 Å². The maximum Gasteiger partial charge on any atom is 0.326 e. The molecule has 0 unspecified atom stereocenters. The Labute approximate surface area is 74.7 Å². The van der Waals surface area contributed by atoms with Crippen LogP contribution in [0.1, 0.15) is 5.69 Å².